The average molecular weight is 423 g/mol. The van der Waals surface area contributed by atoms with Crippen LogP contribution in [0, 0.1) is 0 Å². The van der Waals surface area contributed by atoms with E-state index in [0.29, 0.717) is 12.6 Å². The van der Waals surface area contributed by atoms with Crippen LogP contribution in [0.1, 0.15) is 16.8 Å². The number of carboxylic acids is 1. The molecule has 1 aromatic carbocycles. The number of benzene rings is 1. The minimum Gasteiger partial charge on any atom is -0.481 e. The molecule has 28 heavy (non-hydrogen) atoms. The molecule has 0 spiro atoms. The van der Waals surface area contributed by atoms with Crippen LogP contribution in [-0.2, 0) is 4.79 Å². The fourth-order valence-electron chi connectivity index (χ4n) is 2.02. The number of rotatable bonds is 6. The Bertz CT molecular complexity index is 928. The van der Waals surface area contributed by atoms with E-state index in [0.717, 1.165) is 11.3 Å². The molecular weight excluding hydrogens is 407 g/mol. The van der Waals surface area contributed by atoms with E-state index in [1.165, 1.54) is 12.4 Å². The molecule has 8 nitrogen and oxygen atoms in total. The lowest BCUT2D eigenvalue weighted by atomic mass is 10.2. The van der Waals surface area contributed by atoms with Gasteiger partial charge in [0, 0.05) is 24.5 Å². The Morgan fingerprint density at radius 1 is 1.14 bits per heavy atom. The topological polar surface area (TPSA) is 131 Å². The van der Waals surface area contributed by atoms with Gasteiger partial charge in [-0.15, -0.1) is 0 Å². The zero-order chi connectivity index (χ0) is 20.5. The van der Waals surface area contributed by atoms with E-state index < -0.39 is 11.9 Å². The van der Waals surface area contributed by atoms with Crippen LogP contribution in [0.3, 0.4) is 0 Å². The largest absolute Gasteiger partial charge is 0.481 e. The summed E-state index contributed by atoms with van der Waals surface area (Å²) in [5.41, 5.74) is 6.78. The Labute approximate surface area is 170 Å². The first-order valence-corrected chi connectivity index (χ1v) is 8.69. The van der Waals surface area contributed by atoms with Crippen LogP contribution in [0.15, 0.2) is 53.4 Å². The first-order valence-electron chi connectivity index (χ1n) is 7.94. The number of nitrogens with two attached hydrogens (primary N) is 1. The number of nitrogens with one attached hydrogen (secondary N) is 1. The van der Waals surface area contributed by atoms with Gasteiger partial charge in [0.25, 0.3) is 11.9 Å². The van der Waals surface area contributed by atoms with E-state index in [-0.39, 0.29) is 22.0 Å². The van der Waals surface area contributed by atoms with Crippen LogP contribution in [0.4, 0.5) is 6.01 Å². The first kappa shape index (κ1) is 21.2. The van der Waals surface area contributed by atoms with Gasteiger partial charge in [-0.05, 0) is 0 Å². The number of oxazole rings is 1. The van der Waals surface area contributed by atoms with Gasteiger partial charge in [0.1, 0.15) is 12.0 Å². The molecule has 2 aromatic heterocycles. The van der Waals surface area contributed by atoms with Crippen molar-refractivity contribution in [1.29, 1.82) is 0 Å². The maximum Gasteiger partial charge on any atom is 0.305 e. The number of aliphatic carboxylic acids is 1. The van der Waals surface area contributed by atoms with Crippen molar-refractivity contribution in [2.45, 2.75) is 6.42 Å². The van der Waals surface area contributed by atoms with Gasteiger partial charge in [0.2, 0.25) is 0 Å². The number of anilines is 1. The summed E-state index contributed by atoms with van der Waals surface area (Å²) in [5.74, 6) is -1.50. The second kappa shape index (κ2) is 10.3. The maximum absolute atomic E-state index is 10.7. The van der Waals surface area contributed by atoms with Crippen molar-refractivity contribution >= 4 is 41.1 Å². The monoisotopic (exact) mass is 422 g/mol. The quantitative estimate of drug-likeness (QED) is 0.551. The maximum atomic E-state index is 10.7. The molecule has 0 radical (unpaired) electrons. The molecule has 3 rings (SSSR count). The number of carbonyl (C=O) groups excluding carboxylic acids is 1. The van der Waals surface area contributed by atoms with E-state index in [9.17, 15) is 9.59 Å². The highest BCUT2D eigenvalue weighted by atomic mass is 35.5. The van der Waals surface area contributed by atoms with Crippen LogP contribution in [-0.4, -0.2) is 33.5 Å². The number of carbonyl (C=O) groups is 2. The van der Waals surface area contributed by atoms with E-state index in [1.807, 2.05) is 30.3 Å². The van der Waals surface area contributed by atoms with Crippen molar-refractivity contribution in [3.05, 3.63) is 64.6 Å². The van der Waals surface area contributed by atoms with E-state index >= 15 is 0 Å². The molecule has 4 N–H and O–H groups in total. The van der Waals surface area contributed by atoms with Crippen molar-refractivity contribution in [2.75, 3.05) is 11.9 Å². The SMILES string of the molecule is NC(=O)c1c(Cl)cncc1Cl.O=C(O)CCNc1nc(-c2ccccc2)co1. The summed E-state index contributed by atoms with van der Waals surface area (Å²) in [4.78, 5) is 28.9. The van der Waals surface area contributed by atoms with Crippen LogP contribution in [0.5, 0.6) is 0 Å². The highest BCUT2D eigenvalue weighted by molar-refractivity contribution is 6.39. The zero-order valence-corrected chi connectivity index (χ0v) is 15.9. The predicted octanol–water partition coefficient (Wildman–Crippen LogP) is 3.72. The van der Waals surface area contributed by atoms with Gasteiger partial charge in [0.05, 0.1) is 22.0 Å². The Morgan fingerprint density at radius 2 is 1.79 bits per heavy atom. The fraction of sp³-hybridized carbons (Fsp3) is 0.111. The molecule has 0 unspecified atom stereocenters. The zero-order valence-electron chi connectivity index (χ0n) is 14.4. The summed E-state index contributed by atoms with van der Waals surface area (Å²) in [6, 6.07) is 9.96. The van der Waals surface area contributed by atoms with Crippen molar-refractivity contribution in [2.24, 2.45) is 5.73 Å². The molecule has 0 saturated heterocycles. The average Bonchev–Trinajstić information content (AvgIpc) is 3.11. The van der Waals surface area contributed by atoms with Crippen molar-refractivity contribution in [1.82, 2.24) is 9.97 Å². The van der Waals surface area contributed by atoms with E-state index in [2.05, 4.69) is 15.3 Å². The summed E-state index contributed by atoms with van der Waals surface area (Å²) in [6.07, 6.45) is 4.20. The lowest BCUT2D eigenvalue weighted by molar-refractivity contribution is -0.136. The number of hydrogen-bond acceptors (Lipinski definition) is 6. The Kier molecular flexibility index (Phi) is 7.79. The molecule has 0 saturated carbocycles. The molecule has 0 aliphatic carbocycles. The number of primary amides is 1. The van der Waals surface area contributed by atoms with Crippen LogP contribution in [0.25, 0.3) is 11.3 Å². The highest BCUT2D eigenvalue weighted by Gasteiger charge is 2.10. The van der Waals surface area contributed by atoms with E-state index in [4.69, 9.17) is 38.5 Å². The van der Waals surface area contributed by atoms with Gasteiger partial charge in [0.15, 0.2) is 0 Å². The molecule has 0 fully saturated rings. The number of pyridine rings is 1. The van der Waals surface area contributed by atoms with Gasteiger partial charge < -0.3 is 20.6 Å². The molecule has 0 bridgehead atoms. The Morgan fingerprint density at radius 3 is 2.32 bits per heavy atom. The van der Waals surface area contributed by atoms with E-state index in [1.54, 1.807) is 6.26 Å². The van der Waals surface area contributed by atoms with Crippen LogP contribution in [0.2, 0.25) is 10.0 Å². The second-order valence-electron chi connectivity index (χ2n) is 5.32. The number of halogens is 2. The van der Waals surface area contributed by atoms with Gasteiger partial charge in [-0.3, -0.25) is 14.6 Å². The van der Waals surface area contributed by atoms with Crippen molar-refractivity contribution in [3.63, 3.8) is 0 Å². The van der Waals surface area contributed by atoms with Crippen molar-refractivity contribution < 1.29 is 19.1 Å². The van der Waals surface area contributed by atoms with Gasteiger partial charge in [-0.25, -0.2) is 0 Å². The van der Waals surface area contributed by atoms with Gasteiger partial charge in [-0.2, -0.15) is 4.98 Å². The third-order valence-corrected chi connectivity index (χ3v) is 3.86. The molecular formula is C18H16Cl2N4O4. The first-order chi connectivity index (χ1) is 13.4. The summed E-state index contributed by atoms with van der Waals surface area (Å²) in [6.45, 7) is 0.296. The number of hydrogen-bond donors (Lipinski definition) is 3. The Balaban J connectivity index is 0.000000221. The molecule has 0 atom stereocenters. The Hall–Kier alpha value is -3.10. The molecule has 2 heterocycles. The molecule has 0 aliphatic heterocycles. The summed E-state index contributed by atoms with van der Waals surface area (Å²) < 4.78 is 5.19. The van der Waals surface area contributed by atoms with Crippen LogP contribution < -0.4 is 11.1 Å². The lowest BCUT2D eigenvalue weighted by Gasteiger charge is -1.99. The number of amides is 1. The molecule has 146 valence electrons. The third-order valence-electron chi connectivity index (χ3n) is 3.29. The number of carboxylic acid groups (broad SMARTS) is 1. The second-order valence-corrected chi connectivity index (χ2v) is 6.13. The van der Waals surface area contributed by atoms with Crippen LogP contribution >= 0.6 is 23.2 Å². The minimum absolute atomic E-state index is 0.0308. The predicted molar refractivity (Wildman–Crippen MR) is 105 cm³/mol. The third kappa shape index (κ3) is 6.26. The highest BCUT2D eigenvalue weighted by Crippen LogP contribution is 2.21. The van der Waals surface area contributed by atoms with Gasteiger partial charge in [-0.1, -0.05) is 53.5 Å². The van der Waals surface area contributed by atoms with Gasteiger partial charge >= 0.3 is 5.97 Å². The number of aromatic nitrogens is 2. The molecule has 1 amide bonds. The molecule has 10 heteroatoms. The summed E-state index contributed by atoms with van der Waals surface area (Å²) in [7, 11) is 0. The smallest absolute Gasteiger partial charge is 0.305 e. The molecule has 3 aromatic rings. The molecule has 0 aliphatic rings. The fourth-order valence-corrected chi connectivity index (χ4v) is 2.57. The summed E-state index contributed by atoms with van der Waals surface area (Å²) >= 11 is 11.2. The number of nitrogens with zero attached hydrogens (tertiary/aromatic N) is 2. The summed E-state index contributed by atoms with van der Waals surface area (Å²) in [5, 5.41) is 11.6. The standard InChI is InChI=1S/C12H12N2O3.C6H4Cl2N2O/c15-11(16)6-7-13-12-14-10(8-17-12)9-4-2-1-3-5-9;7-3-1-10-2-4(8)5(3)6(9)11/h1-5,8H,6-7H2,(H,13,14)(H,15,16);1-2H,(H2,9,11). The van der Waals surface area contributed by atoms with Crippen molar-refractivity contribution in [3.8, 4) is 11.3 Å². The minimum atomic E-state index is -0.854. The lowest BCUT2D eigenvalue weighted by Crippen LogP contribution is -2.12. The normalized spacial score (nSPS) is 9.93.